The Balaban J connectivity index is 1.37. The number of aromatic hydroxyl groups is 2. The molecule has 5 rings (SSSR count). The van der Waals surface area contributed by atoms with Gasteiger partial charge in [0.2, 0.25) is 88.6 Å². The number of carbonyl (C=O) groups excluding carboxylic acids is 15. The van der Waals surface area contributed by atoms with Crippen LogP contribution < -0.4 is 92.5 Å². The van der Waals surface area contributed by atoms with Gasteiger partial charge in [0.15, 0.2) is 0 Å². The Morgan fingerprint density at radius 1 is 0.394 bits per heavy atom. The van der Waals surface area contributed by atoms with Crippen LogP contribution in [0, 0.1) is 5.92 Å². The molecule has 0 aliphatic carbocycles. The number of likely N-dealkylation sites (tertiary alicyclic amines) is 1. The highest BCUT2D eigenvalue weighted by Gasteiger charge is 2.43. The van der Waals surface area contributed by atoms with Crippen molar-refractivity contribution in [3.05, 3.63) is 131 Å². The molecule has 1 aliphatic rings. The van der Waals surface area contributed by atoms with Crippen LogP contribution in [-0.4, -0.2) is 253 Å². The van der Waals surface area contributed by atoms with Gasteiger partial charge in [-0.1, -0.05) is 105 Å². The van der Waals surface area contributed by atoms with Gasteiger partial charge in [-0.05, 0) is 156 Å². The summed E-state index contributed by atoms with van der Waals surface area (Å²) >= 11 is 0. The van der Waals surface area contributed by atoms with Gasteiger partial charge in [0.1, 0.15) is 90.0 Å². The molecule has 42 nitrogen and oxygen atoms in total. The quantitative estimate of drug-likeness (QED) is 0.0188. The van der Waals surface area contributed by atoms with Gasteiger partial charge in [0.25, 0.3) is 0 Å². The molecule has 0 saturated carbocycles. The number of phenolic OH excluding ortho intramolecular Hbond substituents is 2. The number of aliphatic hydroxyl groups excluding tert-OH is 1. The van der Waals surface area contributed by atoms with Crippen molar-refractivity contribution in [3.63, 3.8) is 0 Å². The normalized spacial score (nSPS) is 15.6. The minimum atomic E-state index is -1.83. The molecule has 0 unspecified atom stereocenters. The Morgan fingerprint density at radius 2 is 0.740 bits per heavy atom. The number of carboxylic acids is 3. The van der Waals surface area contributed by atoms with Gasteiger partial charge in [-0.3, -0.25) is 86.3 Å². The molecule has 1 saturated heterocycles. The van der Waals surface area contributed by atoms with E-state index in [2.05, 4.69) is 63.8 Å². The second-order valence-electron chi connectivity index (χ2n) is 31.1. The Hall–Kier alpha value is -13.2. The predicted octanol–water partition coefficient (Wildman–Crippen LogP) is -3.83. The molecule has 42 heteroatoms. The van der Waals surface area contributed by atoms with Crippen LogP contribution in [0.4, 0.5) is 0 Å². The van der Waals surface area contributed by atoms with Crippen molar-refractivity contribution >= 4 is 107 Å². The molecule has 0 spiro atoms. The maximum absolute atomic E-state index is 15.1. The zero-order chi connectivity index (χ0) is 94.0. The van der Waals surface area contributed by atoms with Gasteiger partial charge in [-0.15, -0.1) is 0 Å². The lowest BCUT2D eigenvalue weighted by atomic mass is 9.96. The van der Waals surface area contributed by atoms with E-state index in [1.165, 1.54) is 55.5 Å². The third kappa shape index (κ3) is 36.5. The van der Waals surface area contributed by atoms with E-state index < -0.39 is 255 Å². The smallest absolute Gasteiger partial charge is 0.303 e. The number of primary amides is 2. The van der Waals surface area contributed by atoms with E-state index in [4.69, 9.17) is 28.7 Å². The number of carboxylic acid groups (broad SMARTS) is 3. The van der Waals surface area contributed by atoms with Crippen molar-refractivity contribution in [2.45, 2.75) is 240 Å². The first kappa shape index (κ1) is 104. The molecule has 1 aliphatic heterocycles. The van der Waals surface area contributed by atoms with Crippen LogP contribution in [0.25, 0.3) is 0 Å². The van der Waals surface area contributed by atoms with Gasteiger partial charge < -0.3 is 128 Å². The lowest BCUT2D eigenvalue weighted by Gasteiger charge is -2.32. The Morgan fingerprint density at radius 3 is 1.16 bits per heavy atom. The minimum Gasteiger partial charge on any atom is -0.508 e. The second kappa shape index (κ2) is 53.8. The number of nitrogens with zero attached hydrogens (tertiary/aromatic N) is 1. The number of aliphatic carboxylic acids is 3. The summed E-state index contributed by atoms with van der Waals surface area (Å²) in [4.78, 5) is 249. The third-order valence-corrected chi connectivity index (χ3v) is 21.1. The highest BCUT2D eigenvalue weighted by molar-refractivity contribution is 6.01. The fourth-order valence-corrected chi connectivity index (χ4v) is 13.6. The molecule has 28 N–H and O–H groups in total. The van der Waals surface area contributed by atoms with Crippen LogP contribution in [0.1, 0.15) is 152 Å². The molecule has 0 radical (unpaired) electrons. The lowest BCUT2D eigenvalue weighted by Crippen LogP contribution is -2.61. The number of nitrogens with two attached hydrogens (primary N) is 5. The van der Waals surface area contributed by atoms with E-state index in [0.717, 1.165) is 4.90 Å². The average Bonchev–Trinajstić information content (AvgIpc) is 1.74. The molecular weight excluding hydrogens is 1660 g/mol. The van der Waals surface area contributed by atoms with E-state index in [0.29, 0.717) is 35.1 Å². The molecule has 4 aromatic carbocycles. The maximum Gasteiger partial charge on any atom is 0.303 e. The minimum absolute atomic E-state index is 0.00391. The van der Waals surface area contributed by atoms with Crippen LogP contribution in [0.5, 0.6) is 11.5 Å². The monoisotopic (exact) mass is 1780 g/mol. The van der Waals surface area contributed by atoms with E-state index in [9.17, 15) is 112 Å². The number of nitrogens with one attached hydrogen (secondary N) is 12. The van der Waals surface area contributed by atoms with Gasteiger partial charge in [-0.2, -0.15) is 0 Å². The average molecular weight is 1780 g/mol. The number of phenols is 2. The SMILES string of the molecule is CC[C@H](C)[C@H](NC(=O)[C@@H]1CCCN1C(=O)[C@H](CCCCN)NC(=O)[C@H](CCC(=O)O)NC(=O)[C@H](CCC(N)=O)NC(=O)[C@H](CCCCN)NC(=O)[C@H](Cc1ccc(O)cc1)NC(=O)[C@H](CO)NC(=O)[C@@H](N)Cc1ccccc1)C(=O)N[C@@H](Cc1ccc(O)cc1)C(=O)N[C@@H](C)C(=O)N[C@@H](CCC(=O)O)C(=O)N[C@@H](CCC(=O)O)C(=O)N[C@@H](Cc1ccccc1)C(N)=O. The van der Waals surface area contributed by atoms with E-state index in [1.54, 1.807) is 74.5 Å². The molecule has 0 aromatic heterocycles. The topological polar surface area (TPSA) is 706 Å². The summed E-state index contributed by atoms with van der Waals surface area (Å²) in [7, 11) is 0. The van der Waals surface area contributed by atoms with Crippen LogP contribution in [0.15, 0.2) is 109 Å². The molecule has 15 atom stereocenters. The highest BCUT2D eigenvalue weighted by Crippen LogP contribution is 2.23. The fourth-order valence-electron chi connectivity index (χ4n) is 13.6. The van der Waals surface area contributed by atoms with Crippen molar-refractivity contribution in [2.75, 3.05) is 26.2 Å². The number of aliphatic hydroxyl groups is 1. The van der Waals surface area contributed by atoms with Crippen molar-refractivity contribution < 1.29 is 117 Å². The second-order valence-corrected chi connectivity index (χ2v) is 31.1. The van der Waals surface area contributed by atoms with Crippen molar-refractivity contribution in [1.29, 1.82) is 0 Å². The van der Waals surface area contributed by atoms with Crippen molar-refractivity contribution in [1.82, 2.24) is 68.7 Å². The summed E-state index contributed by atoms with van der Waals surface area (Å²) in [5, 5.41) is 89.6. The number of hydrogen-bond acceptors (Lipinski definition) is 24. The van der Waals surface area contributed by atoms with Crippen LogP contribution >= 0.6 is 0 Å². The third-order valence-electron chi connectivity index (χ3n) is 21.1. The standard InChI is InChI=1S/C85H120N18O24/c1-4-47(2)71(84(126)100-63(44-51-23-27-53(105)28-24-51)80(122)91-48(3)73(115)92-58(32-36-68(108)109)77(119)96-60(34-38-70(112)113)79(121)98-62(72(90)114)43-50-18-9-6-10-19-50)102-83(125)66-22-15-41-103(66)85(127)61(21-12-14-40-87)97-78(120)59(33-37-69(110)111)95-76(118)57(31-35-67(89)107)94-75(117)56(20-11-13-39-86)93-81(123)64(45-52-25-29-54(106)30-26-52)99-82(124)65(46-104)101-74(116)55(88)42-49-16-7-5-8-17-49/h5-10,16-19,23-30,47-48,55-66,71,104-106H,4,11-15,20-22,31-46,86-88H2,1-3H3,(H2,89,107)(H2,90,114)(H,91,122)(H,92,115)(H,93,123)(H,94,117)(H,95,118)(H,96,119)(H,97,120)(H,98,121)(H,99,124)(H,100,126)(H,101,116)(H,102,125)(H,108,109)(H,110,111)(H,112,113)/t47-,48-,55-,56-,57-,58-,59-,60-,61-,62-,63-,64-,65-,66-,71-/m0/s1. The summed E-state index contributed by atoms with van der Waals surface area (Å²) in [6.45, 7) is 3.63. The number of benzene rings is 4. The zero-order valence-corrected chi connectivity index (χ0v) is 71.1. The number of rotatable bonds is 57. The molecule has 0 bridgehead atoms. The molecule has 1 heterocycles. The molecule has 4 aromatic rings. The zero-order valence-electron chi connectivity index (χ0n) is 71.1. The predicted molar refractivity (Wildman–Crippen MR) is 456 cm³/mol. The first-order valence-electron chi connectivity index (χ1n) is 41.9. The molecule has 1 fully saturated rings. The van der Waals surface area contributed by atoms with Gasteiger partial charge >= 0.3 is 17.9 Å². The first-order chi connectivity index (χ1) is 60.3. The fraction of sp³-hybridized carbons (Fsp3) is 0.506. The van der Waals surface area contributed by atoms with E-state index in [1.807, 2.05) is 0 Å². The molecule has 15 amide bonds. The Labute approximate surface area is 733 Å². The highest BCUT2D eigenvalue weighted by atomic mass is 16.4. The first-order valence-corrected chi connectivity index (χ1v) is 41.9. The van der Waals surface area contributed by atoms with E-state index in [-0.39, 0.29) is 102 Å². The van der Waals surface area contributed by atoms with Crippen LogP contribution in [0.3, 0.4) is 0 Å². The Kier molecular flexibility index (Phi) is 44.2. The number of unbranched alkanes of at least 4 members (excludes halogenated alkanes) is 2. The van der Waals surface area contributed by atoms with Gasteiger partial charge in [-0.25, -0.2) is 0 Å². The molecule has 694 valence electrons. The summed E-state index contributed by atoms with van der Waals surface area (Å²) in [6, 6.07) is 5.90. The number of carbonyl (C=O) groups is 18. The van der Waals surface area contributed by atoms with Gasteiger partial charge in [0, 0.05) is 51.5 Å². The van der Waals surface area contributed by atoms with Gasteiger partial charge in [0.05, 0.1) is 12.6 Å². The largest absolute Gasteiger partial charge is 0.508 e. The van der Waals surface area contributed by atoms with Crippen LogP contribution in [0.2, 0.25) is 0 Å². The van der Waals surface area contributed by atoms with Crippen molar-refractivity contribution in [3.8, 4) is 11.5 Å². The summed E-state index contributed by atoms with van der Waals surface area (Å²) in [5.41, 5.74) is 31.0. The summed E-state index contributed by atoms with van der Waals surface area (Å²) in [6.07, 6.45) is -4.87. The number of hydrogen-bond donors (Lipinski definition) is 23. The molecule has 127 heavy (non-hydrogen) atoms. The van der Waals surface area contributed by atoms with Crippen LogP contribution in [-0.2, 0) is 112 Å². The summed E-state index contributed by atoms with van der Waals surface area (Å²) < 4.78 is 0. The Bertz CT molecular complexity index is 4400. The number of amides is 15. The summed E-state index contributed by atoms with van der Waals surface area (Å²) in [5.74, 6) is -20.6. The molecular formula is C85H120N18O24. The maximum atomic E-state index is 15.1. The van der Waals surface area contributed by atoms with Crippen molar-refractivity contribution in [2.24, 2.45) is 34.6 Å². The van der Waals surface area contributed by atoms with E-state index >= 15 is 4.79 Å². The lowest BCUT2D eigenvalue weighted by molar-refractivity contribution is -0.143.